The molecule has 1 saturated carbocycles. The number of hydrogen-bond donors (Lipinski definition) is 0. The Labute approximate surface area is 178 Å². The summed E-state index contributed by atoms with van der Waals surface area (Å²) in [7, 11) is 0. The summed E-state index contributed by atoms with van der Waals surface area (Å²) < 4.78 is 6.31. The summed E-state index contributed by atoms with van der Waals surface area (Å²) in [5.41, 5.74) is 3.90. The predicted octanol–water partition coefficient (Wildman–Crippen LogP) is 3.94. The molecule has 2 aromatic rings. The number of ether oxygens (including phenoxy) is 1. The van der Waals surface area contributed by atoms with Crippen LogP contribution >= 0.6 is 0 Å². The zero-order chi connectivity index (χ0) is 20.6. The van der Waals surface area contributed by atoms with Crippen molar-refractivity contribution in [3.8, 4) is 12.1 Å². The van der Waals surface area contributed by atoms with Gasteiger partial charge in [0.05, 0.1) is 29.9 Å². The van der Waals surface area contributed by atoms with Gasteiger partial charge in [-0.3, -0.25) is 4.90 Å². The fourth-order valence-electron chi connectivity index (χ4n) is 5.50. The molecule has 1 spiro atoms. The first-order valence-corrected chi connectivity index (χ1v) is 10.8. The number of anilines is 1. The van der Waals surface area contributed by atoms with Crippen molar-refractivity contribution in [2.75, 3.05) is 31.1 Å². The van der Waals surface area contributed by atoms with E-state index in [0.29, 0.717) is 12.2 Å². The normalized spacial score (nSPS) is 28.7. The molecule has 5 rings (SSSR count). The molecular weight excluding hydrogens is 372 g/mol. The van der Waals surface area contributed by atoms with Gasteiger partial charge in [-0.25, -0.2) is 0 Å². The summed E-state index contributed by atoms with van der Waals surface area (Å²) in [6.07, 6.45) is 3.53. The van der Waals surface area contributed by atoms with Gasteiger partial charge in [0.2, 0.25) is 0 Å². The van der Waals surface area contributed by atoms with E-state index in [1.54, 1.807) is 0 Å². The molecule has 2 aliphatic heterocycles. The molecule has 0 N–H and O–H groups in total. The van der Waals surface area contributed by atoms with Crippen molar-refractivity contribution < 1.29 is 4.74 Å². The first kappa shape index (κ1) is 19.1. The molecule has 2 fully saturated rings. The van der Waals surface area contributed by atoms with E-state index >= 15 is 0 Å². The van der Waals surface area contributed by atoms with Crippen LogP contribution in [0.5, 0.6) is 0 Å². The van der Waals surface area contributed by atoms with Crippen molar-refractivity contribution in [2.24, 2.45) is 0 Å². The van der Waals surface area contributed by atoms with Crippen LogP contribution < -0.4 is 4.90 Å². The number of fused-ring (bicyclic) bond motifs is 2. The van der Waals surface area contributed by atoms with Gasteiger partial charge in [-0.15, -0.1) is 0 Å². The first-order valence-electron chi connectivity index (χ1n) is 10.8. The maximum absolute atomic E-state index is 10.2. The standard InChI is InChI=1S/C25H26N4O/c26-17-20-5-7-22(8-6-20)28-13-15-29(16-14-28)24(19-27)9-11-25(12-10-24)23-4-2-1-3-21(23)18-30-25/h1-8H,9-16,18H2. The van der Waals surface area contributed by atoms with Gasteiger partial charge in [0.25, 0.3) is 0 Å². The summed E-state index contributed by atoms with van der Waals surface area (Å²) in [6, 6.07) is 21.2. The Morgan fingerprint density at radius 2 is 1.53 bits per heavy atom. The first-order chi connectivity index (χ1) is 14.7. The van der Waals surface area contributed by atoms with Crippen molar-refractivity contribution in [2.45, 2.75) is 43.4 Å². The van der Waals surface area contributed by atoms with Crippen molar-refractivity contribution in [1.82, 2.24) is 4.90 Å². The van der Waals surface area contributed by atoms with Crippen LogP contribution in [0.15, 0.2) is 48.5 Å². The van der Waals surface area contributed by atoms with Gasteiger partial charge < -0.3 is 9.64 Å². The highest BCUT2D eigenvalue weighted by molar-refractivity contribution is 5.50. The highest BCUT2D eigenvalue weighted by Crippen LogP contribution is 2.50. The molecule has 0 radical (unpaired) electrons. The van der Waals surface area contributed by atoms with Gasteiger partial charge in [-0.1, -0.05) is 24.3 Å². The summed E-state index contributed by atoms with van der Waals surface area (Å²) in [5.74, 6) is 0. The minimum Gasteiger partial charge on any atom is -0.369 e. The minimum atomic E-state index is -0.386. The maximum atomic E-state index is 10.2. The Hall–Kier alpha value is -2.86. The number of rotatable bonds is 2. The molecule has 0 amide bonds. The SMILES string of the molecule is N#Cc1ccc(N2CCN(C3(C#N)CCC4(CC3)OCc3ccccc34)CC2)cc1. The molecule has 0 atom stereocenters. The second-order valence-electron chi connectivity index (χ2n) is 8.72. The van der Waals surface area contributed by atoms with E-state index in [0.717, 1.165) is 57.5 Å². The summed E-state index contributed by atoms with van der Waals surface area (Å²) in [5, 5.41) is 19.2. The Kier molecular flexibility index (Phi) is 4.74. The lowest BCUT2D eigenvalue weighted by Crippen LogP contribution is -2.59. The number of benzene rings is 2. The highest BCUT2D eigenvalue weighted by atomic mass is 16.5. The smallest absolute Gasteiger partial charge is 0.109 e. The minimum absolute atomic E-state index is 0.193. The molecule has 0 unspecified atom stereocenters. The van der Waals surface area contributed by atoms with Crippen LogP contribution in [-0.4, -0.2) is 36.6 Å². The van der Waals surface area contributed by atoms with E-state index < -0.39 is 0 Å². The summed E-state index contributed by atoms with van der Waals surface area (Å²) in [6.45, 7) is 4.27. The molecule has 0 bridgehead atoms. The molecular formula is C25H26N4O. The summed E-state index contributed by atoms with van der Waals surface area (Å²) >= 11 is 0. The van der Waals surface area contributed by atoms with Crippen molar-refractivity contribution in [3.63, 3.8) is 0 Å². The number of nitrogens with zero attached hydrogens (tertiary/aromatic N) is 4. The molecule has 30 heavy (non-hydrogen) atoms. The van der Waals surface area contributed by atoms with E-state index in [9.17, 15) is 5.26 Å². The molecule has 152 valence electrons. The topological polar surface area (TPSA) is 63.3 Å². The molecule has 3 aliphatic rings. The zero-order valence-electron chi connectivity index (χ0n) is 17.2. The fourth-order valence-corrected chi connectivity index (χ4v) is 5.50. The predicted molar refractivity (Wildman–Crippen MR) is 115 cm³/mol. The summed E-state index contributed by atoms with van der Waals surface area (Å²) in [4.78, 5) is 4.75. The molecule has 0 aromatic heterocycles. The zero-order valence-corrected chi connectivity index (χ0v) is 17.2. The third-order valence-corrected chi connectivity index (χ3v) is 7.35. The van der Waals surface area contributed by atoms with Crippen LogP contribution in [0, 0.1) is 22.7 Å². The van der Waals surface area contributed by atoms with Crippen LogP contribution in [0.3, 0.4) is 0 Å². The Morgan fingerprint density at radius 1 is 0.833 bits per heavy atom. The third-order valence-electron chi connectivity index (χ3n) is 7.35. The largest absolute Gasteiger partial charge is 0.369 e. The quantitative estimate of drug-likeness (QED) is 0.767. The van der Waals surface area contributed by atoms with Gasteiger partial charge in [-0.2, -0.15) is 10.5 Å². The lowest BCUT2D eigenvalue weighted by atomic mass is 9.71. The average molecular weight is 399 g/mol. The fraction of sp³-hybridized carbons (Fsp3) is 0.440. The Balaban J connectivity index is 1.26. The van der Waals surface area contributed by atoms with Crippen LogP contribution in [0.4, 0.5) is 5.69 Å². The molecule has 1 aliphatic carbocycles. The number of piperazine rings is 1. The van der Waals surface area contributed by atoms with Crippen LogP contribution in [0.25, 0.3) is 0 Å². The van der Waals surface area contributed by atoms with Crippen LogP contribution in [0.1, 0.15) is 42.4 Å². The van der Waals surface area contributed by atoms with Gasteiger partial charge in [0.15, 0.2) is 0 Å². The van der Waals surface area contributed by atoms with Crippen molar-refractivity contribution in [3.05, 3.63) is 65.2 Å². The van der Waals surface area contributed by atoms with Gasteiger partial charge >= 0.3 is 0 Å². The Bertz CT molecular complexity index is 1000. The molecule has 2 aromatic carbocycles. The van der Waals surface area contributed by atoms with E-state index in [2.05, 4.69) is 46.2 Å². The molecule has 5 nitrogen and oxygen atoms in total. The van der Waals surface area contributed by atoms with Crippen LogP contribution in [0.2, 0.25) is 0 Å². The van der Waals surface area contributed by atoms with E-state index in [-0.39, 0.29) is 11.1 Å². The van der Waals surface area contributed by atoms with E-state index in [4.69, 9.17) is 10.00 Å². The van der Waals surface area contributed by atoms with Gasteiger partial charge in [-0.05, 0) is 61.1 Å². The van der Waals surface area contributed by atoms with Crippen molar-refractivity contribution in [1.29, 1.82) is 10.5 Å². The lowest BCUT2D eigenvalue weighted by molar-refractivity contribution is -0.0882. The second-order valence-corrected chi connectivity index (χ2v) is 8.72. The monoisotopic (exact) mass is 398 g/mol. The third kappa shape index (κ3) is 3.06. The molecule has 2 heterocycles. The molecule has 5 heteroatoms. The lowest BCUT2D eigenvalue weighted by Gasteiger charge is -2.49. The number of nitriles is 2. The highest BCUT2D eigenvalue weighted by Gasteiger charge is 2.50. The Morgan fingerprint density at radius 3 is 2.20 bits per heavy atom. The van der Waals surface area contributed by atoms with Gasteiger partial charge in [0, 0.05) is 31.9 Å². The van der Waals surface area contributed by atoms with Crippen LogP contribution in [-0.2, 0) is 16.9 Å². The maximum Gasteiger partial charge on any atom is 0.109 e. The average Bonchev–Trinajstić information content (AvgIpc) is 3.18. The molecule has 1 saturated heterocycles. The van der Waals surface area contributed by atoms with E-state index in [1.165, 1.54) is 11.1 Å². The van der Waals surface area contributed by atoms with E-state index in [1.807, 2.05) is 24.3 Å². The second kappa shape index (κ2) is 7.43. The number of hydrogen-bond acceptors (Lipinski definition) is 5. The van der Waals surface area contributed by atoms with Gasteiger partial charge in [0.1, 0.15) is 5.54 Å². The van der Waals surface area contributed by atoms with Crippen molar-refractivity contribution >= 4 is 5.69 Å².